The van der Waals surface area contributed by atoms with Crippen LogP contribution in [0.2, 0.25) is 0 Å². The Bertz CT molecular complexity index is 1540. The third kappa shape index (κ3) is 2.96. The number of anilines is 1. The van der Waals surface area contributed by atoms with E-state index in [-0.39, 0.29) is 16.7 Å². The molecule has 1 saturated carbocycles. The van der Waals surface area contributed by atoms with Crippen LogP contribution in [-0.4, -0.2) is 52.2 Å². The number of hydrogen-bond donors (Lipinski definition) is 1. The third-order valence-electron chi connectivity index (χ3n) is 10.0. The highest BCUT2D eigenvalue weighted by atomic mass is 16.2. The lowest BCUT2D eigenvalue weighted by atomic mass is 9.48. The molecule has 2 aliphatic heterocycles. The maximum absolute atomic E-state index is 12.1. The SMILES string of the molecule is C=CC(=O)N1CC2(CCN(c3nc4c(c(-c5c(C)ccc6[nH]ncc56)c3C#N)C[C@H]3C[C@@H]4C3(C)C)C2)C1. The predicted molar refractivity (Wildman–Crippen MR) is 143 cm³/mol. The fraction of sp³-hybridized carbons (Fsp3) is 0.467. The van der Waals surface area contributed by atoms with Gasteiger partial charge in [0.2, 0.25) is 5.91 Å². The Kier molecular flexibility index (Phi) is 4.53. The molecule has 1 amide bonds. The molecule has 0 unspecified atom stereocenters. The van der Waals surface area contributed by atoms with E-state index in [1.807, 2.05) is 11.1 Å². The van der Waals surface area contributed by atoms with Gasteiger partial charge in [0.15, 0.2) is 0 Å². The normalized spacial score (nSPS) is 24.4. The number of rotatable bonds is 3. The van der Waals surface area contributed by atoms with Crippen LogP contribution in [0.3, 0.4) is 0 Å². The average molecular weight is 493 g/mol. The molecule has 8 rings (SSSR count). The maximum Gasteiger partial charge on any atom is 0.245 e. The van der Waals surface area contributed by atoms with Crippen molar-refractivity contribution in [3.05, 3.63) is 53.4 Å². The van der Waals surface area contributed by atoms with Crippen molar-refractivity contribution in [2.24, 2.45) is 16.7 Å². The highest BCUT2D eigenvalue weighted by Crippen LogP contribution is 2.63. The second kappa shape index (κ2) is 7.44. The molecule has 2 bridgehead atoms. The number of aryl methyl sites for hydroxylation is 1. The van der Waals surface area contributed by atoms with Crippen molar-refractivity contribution in [2.45, 2.75) is 46.0 Å². The Labute approximate surface area is 217 Å². The lowest BCUT2D eigenvalue weighted by Crippen LogP contribution is -2.59. The Morgan fingerprint density at radius 1 is 1.27 bits per heavy atom. The number of carbonyl (C=O) groups excluding carboxylic acids is 1. The summed E-state index contributed by atoms with van der Waals surface area (Å²) in [6, 6.07) is 6.81. The quantitative estimate of drug-likeness (QED) is 0.535. The molecule has 7 heteroatoms. The summed E-state index contributed by atoms with van der Waals surface area (Å²) in [6.07, 6.45) is 6.43. The van der Waals surface area contributed by atoms with Crippen molar-refractivity contribution in [3.63, 3.8) is 0 Å². The first-order chi connectivity index (χ1) is 17.8. The Morgan fingerprint density at radius 3 is 2.81 bits per heavy atom. The van der Waals surface area contributed by atoms with E-state index in [4.69, 9.17) is 4.98 Å². The van der Waals surface area contributed by atoms with Gasteiger partial charge in [0, 0.05) is 48.5 Å². The van der Waals surface area contributed by atoms with Crippen LogP contribution in [-0.2, 0) is 11.2 Å². The summed E-state index contributed by atoms with van der Waals surface area (Å²) in [5.41, 5.74) is 7.75. The van der Waals surface area contributed by atoms with Crippen LogP contribution in [0.15, 0.2) is 31.0 Å². The van der Waals surface area contributed by atoms with Gasteiger partial charge in [-0.15, -0.1) is 0 Å². The second-order valence-electron chi connectivity index (χ2n) is 12.3. The smallest absolute Gasteiger partial charge is 0.245 e. The van der Waals surface area contributed by atoms with Gasteiger partial charge < -0.3 is 9.80 Å². The molecule has 2 atom stereocenters. The Hall–Kier alpha value is -3.66. The predicted octanol–water partition coefficient (Wildman–Crippen LogP) is 4.72. The van der Waals surface area contributed by atoms with Crippen LogP contribution in [0, 0.1) is 35.0 Å². The Morgan fingerprint density at radius 2 is 2.08 bits per heavy atom. The van der Waals surface area contributed by atoms with Gasteiger partial charge in [-0.3, -0.25) is 9.89 Å². The molecule has 3 fully saturated rings. The standard InChI is InChI=1S/C30H32N6O/c1-5-24(37)36-15-30(16-36)8-9-35(14-30)28-20(12-31)26(25-17(2)6-7-23-21(25)13-32-34-23)19-10-18-11-22(27(19)33-28)29(18,3)4/h5-7,13,18,22H,1,8-11,14-16H2,2-4H3,(H,32,34)/t18-,22-/m0/s1. The van der Waals surface area contributed by atoms with Crippen LogP contribution >= 0.6 is 0 Å². The number of hydrogen-bond acceptors (Lipinski definition) is 5. The van der Waals surface area contributed by atoms with E-state index in [2.05, 4.69) is 60.6 Å². The van der Waals surface area contributed by atoms with E-state index < -0.39 is 0 Å². The van der Waals surface area contributed by atoms with Gasteiger partial charge in [0.05, 0.1) is 17.4 Å². The van der Waals surface area contributed by atoms with Crippen LogP contribution in [0.25, 0.3) is 22.0 Å². The van der Waals surface area contributed by atoms with E-state index in [9.17, 15) is 10.1 Å². The van der Waals surface area contributed by atoms with Gasteiger partial charge in [-0.25, -0.2) is 4.98 Å². The summed E-state index contributed by atoms with van der Waals surface area (Å²) in [5, 5.41) is 19.2. The second-order valence-corrected chi connectivity index (χ2v) is 12.3. The number of H-pyrrole nitrogens is 1. The largest absolute Gasteiger partial charge is 0.355 e. The molecule has 2 saturated heterocycles. The van der Waals surface area contributed by atoms with Crippen molar-refractivity contribution in [3.8, 4) is 17.2 Å². The van der Waals surface area contributed by atoms with Crippen LogP contribution < -0.4 is 4.90 Å². The fourth-order valence-electron chi connectivity index (χ4n) is 7.69. The maximum atomic E-state index is 12.1. The van der Waals surface area contributed by atoms with Gasteiger partial charge in [0.1, 0.15) is 17.5 Å². The van der Waals surface area contributed by atoms with Gasteiger partial charge in [-0.1, -0.05) is 26.5 Å². The molecular formula is C30H32N6O. The zero-order chi connectivity index (χ0) is 25.7. The van der Waals surface area contributed by atoms with Crippen molar-refractivity contribution < 1.29 is 4.79 Å². The van der Waals surface area contributed by atoms with Crippen molar-refractivity contribution >= 4 is 22.6 Å². The van der Waals surface area contributed by atoms with Crippen molar-refractivity contribution in [1.29, 1.82) is 5.26 Å². The molecular weight excluding hydrogens is 460 g/mol. The minimum Gasteiger partial charge on any atom is -0.355 e. The zero-order valence-electron chi connectivity index (χ0n) is 21.8. The highest BCUT2D eigenvalue weighted by Gasteiger charge is 2.55. The number of aromatic amines is 1. The summed E-state index contributed by atoms with van der Waals surface area (Å²) >= 11 is 0. The molecule has 37 heavy (non-hydrogen) atoms. The first kappa shape index (κ1) is 22.5. The molecule has 3 aromatic rings. The number of fused-ring (bicyclic) bond motifs is 1. The van der Waals surface area contributed by atoms with E-state index in [1.165, 1.54) is 23.8 Å². The highest BCUT2D eigenvalue weighted by molar-refractivity contribution is 5.99. The number of carbonyl (C=O) groups is 1. The van der Waals surface area contributed by atoms with Crippen molar-refractivity contribution in [1.82, 2.24) is 20.1 Å². The van der Waals surface area contributed by atoms with Crippen LogP contribution in [0.4, 0.5) is 5.82 Å². The molecule has 2 aromatic heterocycles. The number of nitrogens with one attached hydrogen (secondary N) is 1. The Balaban J connectivity index is 1.40. The van der Waals surface area contributed by atoms with Gasteiger partial charge in [-0.2, -0.15) is 10.4 Å². The molecule has 5 aliphatic rings. The summed E-state index contributed by atoms with van der Waals surface area (Å²) in [7, 11) is 0. The zero-order valence-corrected chi connectivity index (χ0v) is 21.8. The molecule has 1 spiro atoms. The lowest BCUT2D eigenvalue weighted by molar-refractivity contribution is -0.136. The third-order valence-corrected chi connectivity index (χ3v) is 10.0. The topological polar surface area (TPSA) is 88.9 Å². The van der Waals surface area contributed by atoms with E-state index in [0.717, 1.165) is 72.4 Å². The summed E-state index contributed by atoms with van der Waals surface area (Å²) < 4.78 is 0. The van der Waals surface area contributed by atoms with Crippen molar-refractivity contribution in [2.75, 3.05) is 31.1 Å². The van der Waals surface area contributed by atoms with Gasteiger partial charge in [0.25, 0.3) is 0 Å². The van der Waals surface area contributed by atoms with Gasteiger partial charge >= 0.3 is 0 Å². The summed E-state index contributed by atoms with van der Waals surface area (Å²) in [5.74, 6) is 1.85. The molecule has 3 aliphatic carbocycles. The molecule has 1 N–H and O–H groups in total. The van der Waals surface area contributed by atoms with E-state index in [0.29, 0.717) is 17.4 Å². The number of pyridine rings is 1. The van der Waals surface area contributed by atoms with E-state index >= 15 is 0 Å². The first-order valence-electron chi connectivity index (χ1n) is 13.3. The monoisotopic (exact) mass is 492 g/mol. The lowest BCUT2D eigenvalue weighted by Gasteiger charge is -2.57. The summed E-state index contributed by atoms with van der Waals surface area (Å²) in [4.78, 5) is 21.6. The summed E-state index contributed by atoms with van der Waals surface area (Å²) in [6.45, 7) is 13.7. The molecule has 0 radical (unpaired) electrons. The number of likely N-dealkylation sites (tertiary alicyclic amines) is 1. The average Bonchev–Trinajstić information content (AvgIpc) is 3.53. The molecule has 1 aromatic carbocycles. The number of amides is 1. The van der Waals surface area contributed by atoms with Gasteiger partial charge in [-0.05, 0) is 66.4 Å². The number of benzene rings is 1. The molecule has 7 nitrogen and oxygen atoms in total. The minimum absolute atomic E-state index is 0.00133. The minimum atomic E-state index is 0.00133. The fourth-order valence-corrected chi connectivity index (χ4v) is 7.69. The number of nitriles is 1. The molecule has 4 heterocycles. The molecule has 188 valence electrons. The first-order valence-corrected chi connectivity index (χ1v) is 13.3. The van der Waals surface area contributed by atoms with Crippen LogP contribution in [0.1, 0.15) is 55.0 Å². The number of nitrogens with zero attached hydrogens (tertiary/aromatic N) is 5. The number of aromatic nitrogens is 3. The van der Waals surface area contributed by atoms with E-state index in [1.54, 1.807) is 0 Å². The van der Waals surface area contributed by atoms with Crippen LogP contribution in [0.5, 0.6) is 0 Å².